The van der Waals surface area contributed by atoms with Crippen LogP contribution in [0.15, 0.2) is 18.2 Å². The Morgan fingerprint density at radius 3 is 2.81 bits per heavy atom. The Balaban J connectivity index is 2.49. The molecule has 1 unspecified atom stereocenters. The summed E-state index contributed by atoms with van der Waals surface area (Å²) in [5.41, 5.74) is 0.352. The predicted octanol–water partition coefficient (Wildman–Crippen LogP) is 1.95. The fraction of sp³-hybridized carbons (Fsp3) is 0.500. The molecule has 0 bridgehead atoms. The summed E-state index contributed by atoms with van der Waals surface area (Å²) in [5, 5.41) is 22.3. The Labute approximate surface area is 94.9 Å². The third-order valence-electron chi connectivity index (χ3n) is 2.40. The summed E-state index contributed by atoms with van der Waals surface area (Å²) in [6, 6.07) is 3.63. The number of rotatable bonds is 6. The number of benzene rings is 1. The fourth-order valence-corrected chi connectivity index (χ4v) is 1.45. The third-order valence-corrected chi connectivity index (χ3v) is 2.40. The Hall–Kier alpha value is -1.13. The highest BCUT2D eigenvalue weighted by molar-refractivity contribution is 5.34. The van der Waals surface area contributed by atoms with E-state index in [0.717, 1.165) is 25.5 Å². The monoisotopic (exact) mass is 227 g/mol. The molecule has 0 fully saturated rings. The molecular weight excluding hydrogens is 209 g/mol. The Kier molecular flexibility index (Phi) is 5.22. The van der Waals surface area contributed by atoms with Crippen LogP contribution in [0.5, 0.6) is 5.75 Å². The van der Waals surface area contributed by atoms with E-state index in [0.29, 0.717) is 12.1 Å². The van der Waals surface area contributed by atoms with E-state index in [4.69, 9.17) is 0 Å². The van der Waals surface area contributed by atoms with Crippen molar-refractivity contribution in [1.82, 2.24) is 5.32 Å². The standard InChI is InChI=1S/C12H18FNO2/c1-2-3-6-14-8-12(16)10-5-4-9(13)7-11(10)15/h4-5,7,12,14-16H,2-3,6,8H2,1H3. The van der Waals surface area contributed by atoms with Crippen LogP contribution in [-0.4, -0.2) is 23.3 Å². The highest BCUT2D eigenvalue weighted by atomic mass is 19.1. The number of hydrogen-bond acceptors (Lipinski definition) is 3. The molecule has 0 saturated heterocycles. The van der Waals surface area contributed by atoms with Crippen molar-refractivity contribution in [3.05, 3.63) is 29.6 Å². The number of halogens is 1. The number of phenolic OH excluding ortho intramolecular Hbond substituents is 1. The Bertz CT molecular complexity index is 331. The summed E-state index contributed by atoms with van der Waals surface area (Å²) in [7, 11) is 0. The lowest BCUT2D eigenvalue weighted by Crippen LogP contribution is -2.22. The van der Waals surface area contributed by atoms with Crippen LogP contribution in [0.3, 0.4) is 0 Å². The normalized spacial score (nSPS) is 12.7. The first-order valence-electron chi connectivity index (χ1n) is 5.52. The van der Waals surface area contributed by atoms with Gasteiger partial charge in [-0.1, -0.05) is 13.3 Å². The van der Waals surface area contributed by atoms with Gasteiger partial charge in [-0.25, -0.2) is 4.39 Å². The molecule has 0 aromatic heterocycles. The van der Waals surface area contributed by atoms with E-state index in [9.17, 15) is 14.6 Å². The Morgan fingerprint density at radius 2 is 2.19 bits per heavy atom. The lowest BCUT2D eigenvalue weighted by Gasteiger charge is -2.13. The molecule has 1 atom stereocenters. The number of phenols is 1. The first-order chi connectivity index (χ1) is 7.65. The largest absolute Gasteiger partial charge is 0.507 e. The van der Waals surface area contributed by atoms with Crippen molar-refractivity contribution >= 4 is 0 Å². The average Bonchev–Trinajstić information content (AvgIpc) is 2.24. The summed E-state index contributed by atoms with van der Waals surface area (Å²) in [6.45, 7) is 3.28. The summed E-state index contributed by atoms with van der Waals surface area (Å²) < 4.78 is 12.7. The summed E-state index contributed by atoms with van der Waals surface area (Å²) in [5.74, 6) is -0.711. The maximum atomic E-state index is 12.7. The molecule has 1 aromatic carbocycles. The van der Waals surface area contributed by atoms with Gasteiger partial charge in [-0.15, -0.1) is 0 Å². The van der Waals surface area contributed by atoms with Gasteiger partial charge < -0.3 is 15.5 Å². The molecule has 0 amide bonds. The quantitative estimate of drug-likeness (QED) is 0.651. The highest BCUT2D eigenvalue weighted by Crippen LogP contribution is 2.24. The lowest BCUT2D eigenvalue weighted by molar-refractivity contribution is 0.171. The first-order valence-corrected chi connectivity index (χ1v) is 5.52. The molecule has 0 aliphatic carbocycles. The van der Waals surface area contributed by atoms with E-state index in [-0.39, 0.29) is 5.75 Å². The van der Waals surface area contributed by atoms with Gasteiger partial charge in [0, 0.05) is 18.2 Å². The predicted molar refractivity (Wildman–Crippen MR) is 60.8 cm³/mol. The van der Waals surface area contributed by atoms with Crippen LogP contribution < -0.4 is 5.32 Å². The number of aliphatic hydroxyl groups is 1. The van der Waals surface area contributed by atoms with Crippen molar-refractivity contribution in [3.8, 4) is 5.75 Å². The van der Waals surface area contributed by atoms with Crippen LogP contribution in [0.4, 0.5) is 4.39 Å². The van der Waals surface area contributed by atoms with Crippen molar-refractivity contribution in [2.24, 2.45) is 0 Å². The highest BCUT2D eigenvalue weighted by Gasteiger charge is 2.12. The molecule has 3 nitrogen and oxygen atoms in total. The average molecular weight is 227 g/mol. The molecule has 1 rings (SSSR count). The van der Waals surface area contributed by atoms with E-state index >= 15 is 0 Å². The molecule has 1 aromatic rings. The minimum Gasteiger partial charge on any atom is -0.507 e. The lowest BCUT2D eigenvalue weighted by atomic mass is 10.1. The minimum atomic E-state index is -0.808. The molecule has 0 aliphatic heterocycles. The molecule has 3 N–H and O–H groups in total. The zero-order chi connectivity index (χ0) is 12.0. The second-order valence-electron chi connectivity index (χ2n) is 3.78. The molecule has 0 saturated carbocycles. The van der Waals surface area contributed by atoms with Crippen molar-refractivity contribution in [2.75, 3.05) is 13.1 Å². The number of aliphatic hydroxyl groups excluding tert-OH is 1. The van der Waals surface area contributed by atoms with Gasteiger partial charge in [0.25, 0.3) is 0 Å². The summed E-state index contributed by atoms with van der Waals surface area (Å²) in [4.78, 5) is 0. The SMILES string of the molecule is CCCCNCC(O)c1ccc(F)cc1O. The van der Waals surface area contributed by atoms with Gasteiger partial charge in [-0.05, 0) is 25.1 Å². The van der Waals surface area contributed by atoms with Crippen molar-refractivity contribution < 1.29 is 14.6 Å². The van der Waals surface area contributed by atoms with E-state index in [1.165, 1.54) is 12.1 Å². The van der Waals surface area contributed by atoms with Gasteiger partial charge in [0.2, 0.25) is 0 Å². The number of nitrogens with one attached hydrogen (secondary N) is 1. The fourth-order valence-electron chi connectivity index (χ4n) is 1.45. The molecule has 0 radical (unpaired) electrons. The molecule has 0 spiro atoms. The molecule has 4 heteroatoms. The van der Waals surface area contributed by atoms with Crippen molar-refractivity contribution in [2.45, 2.75) is 25.9 Å². The molecular formula is C12H18FNO2. The zero-order valence-corrected chi connectivity index (χ0v) is 9.41. The maximum absolute atomic E-state index is 12.7. The van der Waals surface area contributed by atoms with Gasteiger partial charge in [0.05, 0.1) is 6.10 Å². The molecule has 16 heavy (non-hydrogen) atoms. The summed E-state index contributed by atoms with van der Waals surface area (Å²) in [6.07, 6.45) is 1.32. The van der Waals surface area contributed by atoms with Crippen LogP contribution in [0.2, 0.25) is 0 Å². The van der Waals surface area contributed by atoms with Gasteiger partial charge >= 0.3 is 0 Å². The van der Waals surface area contributed by atoms with Crippen LogP contribution in [0.25, 0.3) is 0 Å². The van der Waals surface area contributed by atoms with Gasteiger partial charge in [-0.2, -0.15) is 0 Å². The van der Waals surface area contributed by atoms with Crippen LogP contribution in [0.1, 0.15) is 31.4 Å². The summed E-state index contributed by atoms with van der Waals surface area (Å²) >= 11 is 0. The van der Waals surface area contributed by atoms with E-state index in [1.54, 1.807) is 0 Å². The molecule has 0 aliphatic rings. The first kappa shape index (κ1) is 12.9. The second kappa shape index (κ2) is 6.45. The smallest absolute Gasteiger partial charge is 0.126 e. The van der Waals surface area contributed by atoms with Gasteiger partial charge in [-0.3, -0.25) is 0 Å². The molecule has 90 valence electrons. The third kappa shape index (κ3) is 3.79. The van der Waals surface area contributed by atoms with E-state index in [1.807, 2.05) is 0 Å². The minimum absolute atomic E-state index is 0.204. The van der Waals surface area contributed by atoms with Crippen LogP contribution in [-0.2, 0) is 0 Å². The van der Waals surface area contributed by atoms with Crippen molar-refractivity contribution in [3.63, 3.8) is 0 Å². The van der Waals surface area contributed by atoms with E-state index in [2.05, 4.69) is 12.2 Å². The van der Waals surface area contributed by atoms with Gasteiger partial charge in [0.1, 0.15) is 11.6 Å². The number of hydrogen-bond donors (Lipinski definition) is 3. The van der Waals surface area contributed by atoms with E-state index < -0.39 is 11.9 Å². The molecule has 0 heterocycles. The Morgan fingerprint density at radius 1 is 1.44 bits per heavy atom. The topological polar surface area (TPSA) is 52.5 Å². The van der Waals surface area contributed by atoms with Crippen molar-refractivity contribution in [1.29, 1.82) is 0 Å². The second-order valence-corrected chi connectivity index (χ2v) is 3.78. The van der Waals surface area contributed by atoms with Gasteiger partial charge in [0.15, 0.2) is 0 Å². The van der Waals surface area contributed by atoms with Crippen LogP contribution >= 0.6 is 0 Å². The number of unbranched alkanes of at least 4 members (excludes halogenated alkanes) is 1. The number of aromatic hydroxyl groups is 1. The van der Waals surface area contributed by atoms with Crippen LogP contribution in [0, 0.1) is 5.82 Å². The maximum Gasteiger partial charge on any atom is 0.126 e. The zero-order valence-electron chi connectivity index (χ0n) is 9.41.